The van der Waals surface area contributed by atoms with Crippen LogP contribution in [0.3, 0.4) is 0 Å². The summed E-state index contributed by atoms with van der Waals surface area (Å²) < 4.78 is 10.9. The molecule has 0 unspecified atom stereocenters. The van der Waals surface area contributed by atoms with Crippen LogP contribution in [0.2, 0.25) is 0 Å². The Morgan fingerprint density at radius 2 is 1.81 bits per heavy atom. The summed E-state index contributed by atoms with van der Waals surface area (Å²) in [6.07, 6.45) is 1.99. The van der Waals surface area contributed by atoms with Crippen LogP contribution in [-0.4, -0.2) is 48.5 Å². The Morgan fingerprint density at radius 3 is 2.52 bits per heavy atom. The average molecular weight is 365 g/mol. The quantitative estimate of drug-likeness (QED) is 0.748. The lowest BCUT2D eigenvalue weighted by Crippen LogP contribution is -2.33. The molecule has 1 N–H and O–H groups in total. The third kappa shape index (κ3) is 3.17. The van der Waals surface area contributed by atoms with E-state index in [2.05, 4.69) is 4.90 Å². The van der Waals surface area contributed by atoms with Gasteiger partial charge >= 0.3 is 0 Å². The molecule has 4 rings (SSSR count). The molecular formula is C21H23N3O3. The van der Waals surface area contributed by atoms with Gasteiger partial charge in [-0.2, -0.15) is 0 Å². The third-order valence-corrected chi connectivity index (χ3v) is 5.07. The molecule has 1 aliphatic rings. The second kappa shape index (κ2) is 7.40. The van der Waals surface area contributed by atoms with E-state index in [1.54, 1.807) is 14.2 Å². The van der Waals surface area contributed by atoms with Gasteiger partial charge in [-0.25, -0.2) is 9.97 Å². The highest BCUT2D eigenvalue weighted by Gasteiger charge is 2.28. The van der Waals surface area contributed by atoms with Crippen LogP contribution < -0.4 is 14.4 Å². The first-order chi connectivity index (χ1) is 13.2. The Balaban J connectivity index is 1.97. The number of methoxy groups -OCH3 is 2. The Hall–Kier alpha value is -2.86. The molecule has 1 fully saturated rings. The van der Waals surface area contributed by atoms with Crippen molar-refractivity contribution in [2.24, 2.45) is 0 Å². The summed E-state index contributed by atoms with van der Waals surface area (Å²) in [6, 6.07) is 13.8. The lowest BCUT2D eigenvalue weighted by atomic mass is 10.1. The van der Waals surface area contributed by atoms with E-state index in [4.69, 9.17) is 19.4 Å². The number of hydrogen-bond acceptors (Lipinski definition) is 6. The Kier molecular flexibility index (Phi) is 4.81. The number of fused-ring (bicyclic) bond motifs is 1. The number of hydrogen-bond donors (Lipinski definition) is 1. The number of aromatic nitrogens is 2. The first-order valence-electron chi connectivity index (χ1n) is 9.12. The van der Waals surface area contributed by atoms with E-state index >= 15 is 0 Å². The maximum absolute atomic E-state index is 9.81. The minimum absolute atomic E-state index is 0.0693. The Labute approximate surface area is 158 Å². The SMILES string of the molecule is COc1cc2nc(-c3ccccc3)nc(N3CCC[C@H]3CO)c2cc1OC. The summed E-state index contributed by atoms with van der Waals surface area (Å²) >= 11 is 0. The van der Waals surface area contributed by atoms with E-state index < -0.39 is 0 Å². The standard InChI is InChI=1S/C21H23N3O3/c1-26-18-11-16-17(12-19(18)27-2)22-20(14-7-4-3-5-8-14)23-21(16)24-10-6-9-15(24)13-25/h3-5,7-8,11-12,15,25H,6,9-10,13H2,1-2H3/t15-/m0/s1. The fourth-order valence-corrected chi connectivity index (χ4v) is 3.68. The lowest BCUT2D eigenvalue weighted by molar-refractivity contribution is 0.266. The predicted molar refractivity (Wildman–Crippen MR) is 106 cm³/mol. The first kappa shape index (κ1) is 17.5. The van der Waals surface area contributed by atoms with Gasteiger partial charge in [0.1, 0.15) is 5.82 Å². The molecule has 0 radical (unpaired) electrons. The van der Waals surface area contributed by atoms with Gasteiger partial charge in [0.05, 0.1) is 32.4 Å². The van der Waals surface area contributed by atoms with E-state index in [1.807, 2.05) is 42.5 Å². The summed E-state index contributed by atoms with van der Waals surface area (Å²) in [5.41, 5.74) is 1.75. The Morgan fingerprint density at radius 1 is 1.07 bits per heavy atom. The molecule has 0 bridgehead atoms. The van der Waals surface area contributed by atoms with E-state index in [1.165, 1.54) is 0 Å². The minimum atomic E-state index is 0.0693. The highest BCUT2D eigenvalue weighted by atomic mass is 16.5. The van der Waals surface area contributed by atoms with Gasteiger partial charge in [0, 0.05) is 23.6 Å². The molecule has 140 valence electrons. The van der Waals surface area contributed by atoms with Gasteiger partial charge in [0.15, 0.2) is 17.3 Å². The third-order valence-electron chi connectivity index (χ3n) is 5.07. The van der Waals surface area contributed by atoms with Crippen LogP contribution in [0.1, 0.15) is 12.8 Å². The van der Waals surface area contributed by atoms with Crippen molar-refractivity contribution in [3.63, 3.8) is 0 Å². The van der Waals surface area contributed by atoms with Gasteiger partial charge in [-0.1, -0.05) is 30.3 Å². The van der Waals surface area contributed by atoms with Gasteiger partial charge < -0.3 is 19.5 Å². The zero-order valence-corrected chi connectivity index (χ0v) is 15.6. The molecule has 0 spiro atoms. The molecule has 27 heavy (non-hydrogen) atoms. The molecule has 6 nitrogen and oxygen atoms in total. The number of benzene rings is 2. The van der Waals surface area contributed by atoms with Crippen LogP contribution in [0.5, 0.6) is 11.5 Å². The van der Waals surface area contributed by atoms with Crippen LogP contribution in [0.15, 0.2) is 42.5 Å². The smallest absolute Gasteiger partial charge is 0.162 e. The average Bonchev–Trinajstić information content (AvgIpc) is 3.21. The summed E-state index contributed by atoms with van der Waals surface area (Å²) in [5, 5.41) is 10.7. The Bertz CT molecular complexity index is 946. The van der Waals surface area contributed by atoms with Gasteiger partial charge in [0.2, 0.25) is 0 Å². The van der Waals surface area contributed by atoms with Crippen molar-refractivity contribution in [1.82, 2.24) is 9.97 Å². The number of ether oxygens (including phenoxy) is 2. The molecular weight excluding hydrogens is 342 g/mol. The molecule has 1 aromatic heterocycles. The first-order valence-corrected chi connectivity index (χ1v) is 9.12. The van der Waals surface area contributed by atoms with E-state index in [9.17, 15) is 5.11 Å². The number of aliphatic hydroxyl groups is 1. The normalized spacial score (nSPS) is 16.7. The fraction of sp³-hybridized carbons (Fsp3) is 0.333. The van der Waals surface area contributed by atoms with Crippen molar-refractivity contribution in [2.75, 3.05) is 32.3 Å². The number of anilines is 1. The van der Waals surface area contributed by atoms with E-state index in [-0.39, 0.29) is 12.6 Å². The van der Waals surface area contributed by atoms with Gasteiger partial charge in [-0.05, 0) is 18.9 Å². The van der Waals surface area contributed by atoms with Crippen LogP contribution in [0.25, 0.3) is 22.3 Å². The molecule has 2 heterocycles. The van der Waals surface area contributed by atoms with Crippen molar-refractivity contribution in [3.05, 3.63) is 42.5 Å². The second-order valence-corrected chi connectivity index (χ2v) is 6.63. The van der Waals surface area contributed by atoms with Crippen LogP contribution in [0, 0.1) is 0 Å². The topological polar surface area (TPSA) is 67.7 Å². The van der Waals surface area contributed by atoms with Crippen molar-refractivity contribution in [1.29, 1.82) is 0 Å². The maximum Gasteiger partial charge on any atom is 0.162 e. The zero-order valence-electron chi connectivity index (χ0n) is 15.6. The molecule has 0 amide bonds. The largest absolute Gasteiger partial charge is 0.493 e. The van der Waals surface area contributed by atoms with Gasteiger partial charge in [0.25, 0.3) is 0 Å². The molecule has 6 heteroatoms. The van der Waals surface area contributed by atoms with Crippen molar-refractivity contribution in [2.45, 2.75) is 18.9 Å². The van der Waals surface area contributed by atoms with E-state index in [0.29, 0.717) is 17.3 Å². The summed E-state index contributed by atoms with van der Waals surface area (Å²) in [5.74, 6) is 2.76. The van der Waals surface area contributed by atoms with Crippen molar-refractivity contribution >= 4 is 16.7 Å². The molecule has 2 aromatic carbocycles. The molecule has 0 saturated carbocycles. The lowest BCUT2D eigenvalue weighted by Gasteiger charge is -2.26. The fourth-order valence-electron chi connectivity index (χ4n) is 3.68. The predicted octanol–water partition coefficient (Wildman–Crippen LogP) is 3.28. The van der Waals surface area contributed by atoms with Crippen LogP contribution >= 0.6 is 0 Å². The van der Waals surface area contributed by atoms with E-state index in [0.717, 1.165) is 41.7 Å². The summed E-state index contributed by atoms with van der Waals surface area (Å²) in [7, 11) is 3.24. The van der Waals surface area contributed by atoms with Crippen molar-refractivity contribution < 1.29 is 14.6 Å². The summed E-state index contributed by atoms with van der Waals surface area (Å²) in [6.45, 7) is 0.972. The summed E-state index contributed by atoms with van der Waals surface area (Å²) in [4.78, 5) is 11.8. The molecule has 1 atom stereocenters. The monoisotopic (exact) mass is 365 g/mol. The zero-order chi connectivity index (χ0) is 18.8. The van der Waals surface area contributed by atoms with Crippen LogP contribution in [-0.2, 0) is 0 Å². The van der Waals surface area contributed by atoms with Gasteiger partial charge in [-0.15, -0.1) is 0 Å². The molecule has 3 aromatic rings. The molecule has 1 aliphatic heterocycles. The molecule has 0 aliphatic carbocycles. The number of aliphatic hydroxyl groups excluding tert-OH is 1. The van der Waals surface area contributed by atoms with Gasteiger partial charge in [-0.3, -0.25) is 0 Å². The second-order valence-electron chi connectivity index (χ2n) is 6.63. The number of nitrogens with zero attached hydrogens (tertiary/aromatic N) is 3. The number of rotatable bonds is 5. The maximum atomic E-state index is 9.81. The van der Waals surface area contributed by atoms with Crippen molar-refractivity contribution in [3.8, 4) is 22.9 Å². The minimum Gasteiger partial charge on any atom is -0.493 e. The molecule has 1 saturated heterocycles. The highest BCUT2D eigenvalue weighted by Crippen LogP contribution is 2.38. The highest BCUT2D eigenvalue weighted by molar-refractivity contribution is 5.93. The van der Waals surface area contributed by atoms with Crippen LogP contribution in [0.4, 0.5) is 5.82 Å².